The molecule has 0 radical (unpaired) electrons. The van der Waals surface area contributed by atoms with Gasteiger partial charge >= 0.3 is 11.8 Å². The average molecular weight is 391 g/mol. The zero-order chi connectivity index (χ0) is 21.3. The van der Waals surface area contributed by atoms with Gasteiger partial charge in [-0.1, -0.05) is 26.0 Å². The Kier molecular flexibility index (Phi) is 9.65. The van der Waals surface area contributed by atoms with Crippen molar-refractivity contribution < 1.29 is 14.4 Å². The van der Waals surface area contributed by atoms with Crippen molar-refractivity contribution in [3.05, 3.63) is 29.8 Å². The van der Waals surface area contributed by atoms with Crippen LogP contribution in [0.25, 0.3) is 0 Å². The SMILES string of the molecule is CC(C)CC(CN(C)C)NC(=O)C(=O)Nc1ccc(CC(=O)NC(C)C)cc1. The van der Waals surface area contributed by atoms with Crippen molar-refractivity contribution in [1.29, 1.82) is 0 Å². The van der Waals surface area contributed by atoms with Crippen LogP contribution in [0.5, 0.6) is 0 Å². The maximum absolute atomic E-state index is 12.2. The summed E-state index contributed by atoms with van der Waals surface area (Å²) >= 11 is 0. The number of carbonyl (C=O) groups is 3. The largest absolute Gasteiger partial charge is 0.354 e. The molecule has 0 saturated heterocycles. The number of amides is 3. The van der Waals surface area contributed by atoms with Crippen LogP contribution in [0.15, 0.2) is 24.3 Å². The molecule has 0 aromatic heterocycles. The van der Waals surface area contributed by atoms with E-state index in [0.29, 0.717) is 18.2 Å². The second-order valence-corrected chi connectivity index (χ2v) is 8.11. The van der Waals surface area contributed by atoms with Crippen LogP contribution >= 0.6 is 0 Å². The van der Waals surface area contributed by atoms with Crippen molar-refractivity contribution in [2.24, 2.45) is 5.92 Å². The molecule has 0 aliphatic heterocycles. The second-order valence-electron chi connectivity index (χ2n) is 8.11. The molecule has 0 aliphatic carbocycles. The maximum Gasteiger partial charge on any atom is 0.313 e. The molecule has 3 amide bonds. The van der Waals surface area contributed by atoms with Gasteiger partial charge in [-0.15, -0.1) is 0 Å². The lowest BCUT2D eigenvalue weighted by molar-refractivity contribution is -0.136. The van der Waals surface area contributed by atoms with E-state index >= 15 is 0 Å². The Bertz CT molecular complexity index is 644. The molecule has 156 valence electrons. The molecule has 0 aliphatic rings. The Morgan fingerprint density at radius 2 is 1.54 bits per heavy atom. The molecule has 1 aromatic rings. The number of carbonyl (C=O) groups excluding carboxylic acids is 3. The van der Waals surface area contributed by atoms with Gasteiger partial charge < -0.3 is 20.9 Å². The van der Waals surface area contributed by atoms with Crippen molar-refractivity contribution >= 4 is 23.4 Å². The van der Waals surface area contributed by atoms with Gasteiger partial charge in [0.05, 0.1) is 6.42 Å². The van der Waals surface area contributed by atoms with Crippen molar-refractivity contribution in [3.8, 4) is 0 Å². The molecule has 1 aromatic carbocycles. The van der Waals surface area contributed by atoms with Crippen LogP contribution in [0.2, 0.25) is 0 Å². The second kappa shape index (κ2) is 11.4. The molecular formula is C21H34N4O3. The average Bonchev–Trinajstić information content (AvgIpc) is 2.54. The van der Waals surface area contributed by atoms with Crippen molar-refractivity contribution in [3.63, 3.8) is 0 Å². The van der Waals surface area contributed by atoms with Crippen LogP contribution in [0.1, 0.15) is 39.7 Å². The third-order valence-electron chi connectivity index (χ3n) is 3.91. The summed E-state index contributed by atoms with van der Waals surface area (Å²) in [4.78, 5) is 38.2. The summed E-state index contributed by atoms with van der Waals surface area (Å²) < 4.78 is 0. The number of likely N-dealkylation sites (N-methyl/N-ethyl adjacent to an activating group) is 1. The smallest absolute Gasteiger partial charge is 0.313 e. The first-order valence-electron chi connectivity index (χ1n) is 9.71. The van der Waals surface area contributed by atoms with E-state index in [1.165, 1.54) is 0 Å². The van der Waals surface area contributed by atoms with E-state index in [0.717, 1.165) is 12.0 Å². The van der Waals surface area contributed by atoms with Crippen molar-refractivity contribution in [1.82, 2.24) is 15.5 Å². The Labute approximate surface area is 168 Å². The normalized spacial score (nSPS) is 12.2. The standard InChI is InChI=1S/C21H34N4O3/c1-14(2)11-18(13-25(5)6)24-21(28)20(27)23-17-9-7-16(8-10-17)12-19(26)22-15(3)4/h7-10,14-15,18H,11-13H2,1-6H3,(H,22,26)(H,23,27)(H,24,28). The quantitative estimate of drug-likeness (QED) is 0.561. The fourth-order valence-corrected chi connectivity index (χ4v) is 2.89. The van der Waals surface area contributed by atoms with E-state index in [2.05, 4.69) is 29.8 Å². The molecule has 0 bridgehead atoms. The highest BCUT2D eigenvalue weighted by molar-refractivity contribution is 6.39. The first kappa shape index (κ1) is 23.6. The van der Waals surface area contributed by atoms with Crippen LogP contribution in [0, 0.1) is 5.92 Å². The Morgan fingerprint density at radius 3 is 2.04 bits per heavy atom. The fourth-order valence-electron chi connectivity index (χ4n) is 2.89. The van der Waals surface area contributed by atoms with Crippen LogP contribution < -0.4 is 16.0 Å². The maximum atomic E-state index is 12.2. The molecule has 1 atom stereocenters. The zero-order valence-corrected chi connectivity index (χ0v) is 17.8. The van der Waals surface area contributed by atoms with E-state index < -0.39 is 11.8 Å². The topological polar surface area (TPSA) is 90.5 Å². The summed E-state index contributed by atoms with van der Waals surface area (Å²) in [6.07, 6.45) is 1.07. The Morgan fingerprint density at radius 1 is 0.929 bits per heavy atom. The van der Waals surface area contributed by atoms with Crippen LogP contribution in [0.4, 0.5) is 5.69 Å². The zero-order valence-electron chi connectivity index (χ0n) is 17.8. The molecule has 7 heteroatoms. The molecule has 0 saturated carbocycles. The lowest BCUT2D eigenvalue weighted by Gasteiger charge is -2.23. The van der Waals surface area contributed by atoms with E-state index in [1.54, 1.807) is 24.3 Å². The molecule has 3 N–H and O–H groups in total. The van der Waals surface area contributed by atoms with Gasteiger partial charge in [-0.05, 0) is 58.0 Å². The minimum Gasteiger partial charge on any atom is -0.354 e. The van der Waals surface area contributed by atoms with Gasteiger partial charge in [0, 0.05) is 24.3 Å². The molecule has 1 rings (SSSR count). The molecule has 0 fully saturated rings. The number of anilines is 1. The van der Waals surface area contributed by atoms with Gasteiger partial charge in [-0.25, -0.2) is 0 Å². The van der Waals surface area contributed by atoms with Gasteiger partial charge in [-0.3, -0.25) is 14.4 Å². The first-order valence-corrected chi connectivity index (χ1v) is 9.71. The summed E-state index contributed by atoms with van der Waals surface area (Å²) in [6, 6.07) is 6.91. The summed E-state index contributed by atoms with van der Waals surface area (Å²) in [5.74, 6) is -0.984. The predicted molar refractivity (Wildman–Crippen MR) is 112 cm³/mol. The molecular weight excluding hydrogens is 356 g/mol. The number of hydrogen-bond acceptors (Lipinski definition) is 4. The Balaban J connectivity index is 2.60. The lowest BCUT2D eigenvalue weighted by atomic mass is 10.0. The highest BCUT2D eigenvalue weighted by Gasteiger charge is 2.20. The number of nitrogens with zero attached hydrogens (tertiary/aromatic N) is 1. The molecule has 1 unspecified atom stereocenters. The van der Waals surface area contributed by atoms with Crippen LogP contribution in [-0.2, 0) is 20.8 Å². The minimum atomic E-state index is -0.696. The van der Waals surface area contributed by atoms with Gasteiger partial charge in [0.15, 0.2) is 0 Å². The van der Waals surface area contributed by atoms with E-state index in [9.17, 15) is 14.4 Å². The van der Waals surface area contributed by atoms with Crippen LogP contribution in [0.3, 0.4) is 0 Å². The van der Waals surface area contributed by atoms with E-state index in [-0.39, 0.29) is 24.4 Å². The van der Waals surface area contributed by atoms with Crippen molar-refractivity contribution in [2.75, 3.05) is 26.0 Å². The highest BCUT2D eigenvalue weighted by Crippen LogP contribution is 2.11. The van der Waals surface area contributed by atoms with E-state index in [1.807, 2.05) is 32.8 Å². The third-order valence-corrected chi connectivity index (χ3v) is 3.91. The number of hydrogen-bond donors (Lipinski definition) is 3. The van der Waals surface area contributed by atoms with Crippen LogP contribution in [-0.4, -0.2) is 55.3 Å². The lowest BCUT2D eigenvalue weighted by Crippen LogP contribution is -2.46. The van der Waals surface area contributed by atoms with Gasteiger partial charge in [0.25, 0.3) is 0 Å². The van der Waals surface area contributed by atoms with Gasteiger partial charge in [0.1, 0.15) is 0 Å². The molecule has 0 spiro atoms. The Hall–Kier alpha value is -2.41. The molecule has 28 heavy (non-hydrogen) atoms. The fraction of sp³-hybridized carbons (Fsp3) is 0.571. The predicted octanol–water partition coefficient (Wildman–Crippen LogP) is 1.78. The molecule has 7 nitrogen and oxygen atoms in total. The molecule has 0 heterocycles. The monoisotopic (exact) mass is 390 g/mol. The number of rotatable bonds is 9. The van der Waals surface area contributed by atoms with Gasteiger partial charge in [-0.2, -0.15) is 0 Å². The number of benzene rings is 1. The van der Waals surface area contributed by atoms with E-state index in [4.69, 9.17) is 0 Å². The summed E-state index contributed by atoms with van der Waals surface area (Å²) in [5.41, 5.74) is 1.35. The van der Waals surface area contributed by atoms with Crippen molar-refractivity contribution in [2.45, 2.75) is 52.6 Å². The highest BCUT2D eigenvalue weighted by atomic mass is 16.2. The summed E-state index contributed by atoms with van der Waals surface area (Å²) in [7, 11) is 3.87. The first-order chi connectivity index (χ1) is 13.1. The third kappa shape index (κ3) is 9.50. The van der Waals surface area contributed by atoms with Gasteiger partial charge in [0.2, 0.25) is 5.91 Å². The summed E-state index contributed by atoms with van der Waals surface area (Å²) in [6.45, 7) is 8.65. The minimum absolute atomic E-state index is 0.0525. The number of nitrogens with one attached hydrogen (secondary N) is 3. The summed E-state index contributed by atoms with van der Waals surface area (Å²) in [5, 5.41) is 8.24.